The van der Waals surface area contributed by atoms with Gasteiger partial charge in [0.1, 0.15) is 0 Å². The highest BCUT2D eigenvalue weighted by Gasteiger charge is 2.22. The fourth-order valence-electron chi connectivity index (χ4n) is 3.08. The molecular formula is C16H19BrN2OS. The molecule has 21 heavy (non-hydrogen) atoms. The molecule has 2 heterocycles. The number of aromatic nitrogens is 1. The standard InChI is InChI=1S/C16H19BrN2OS/c1-2-18-13-4-3-5-14-11(13)6-7-16(20)19(14)10-15-12(17)8-9-21-15/h6-9,13,18H,2-5,10H2,1H3. The van der Waals surface area contributed by atoms with Gasteiger partial charge >= 0.3 is 0 Å². The maximum atomic E-state index is 12.3. The van der Waals surface area contributed by atoms with Crippen molar-refractivity contribution in [3.63, 3.8) is 0 Å². The second-order valence-corrected chi connectivity index (χ2v) is 7.21. The quantitative estimate of drug-likeness (QED) is 0.894. The van der Waals surface area contributed by atoms with Crippen LogP contribution < -0.4 is 10.9 Å². The molecule has 3 nitrogen and oxygen atoms in total. The normalized spacial score (nSPS) is 17.7. The van der Waals surface area contributed by atoms with Crippen LogP contribution in [0.25, 0.3) is 0 Å². The summed E-state index contributed by atoms with van der Waals surface area (Å²) in [6.45, 7) is 3.76. The molecule has 0 saturated carbocycles. The van der Waals surface area contributed by atoms with E-state index < -0.39 is 0 Å². The van der Waals surface area contributed by atoms with Crippen LogP contribution in [0, 0.1) is 0 Å². The monoisotopic (exact) mass is 366 g/mol. The zero-order valence-electron chi connectivity index (χ0n) is 12.1. The molecule has 0 aliphatic heterocycles. The number of hydrogen-bond acceptors (Lipinski definition) is 3. The lowest BCUT2D eigenvalue weighted by Gasteiger charge is -2.28. The number of nitrogens with zero attached hydrogens (tertiary/aromatic N) is 1. The first-order valence-corrected chi connectivity index (χ1v) is 9.06. The zero-order valence-corrected chi connectivity index (χ0v) is 14.5. The van der Waals surface area contributed by atoms with Gasteiger partial charge in [-0.15, -0.1) is 11.3 Å². The second-order valence-electron chi connectivity index (χ2n) is 5.35. The molecule has 112 valence electrons. The summed E-state index contributed by atoms with van der Waals surface area (Å²) in [6, 6.07) is 6.17. The Morgan fingerprint density at radius 3 is 3.00 bits per heavy atom. The molecule has 1 aliphatic rings. The van der Waals surface area contributed by atoms with Gasteiger partial charge in [-0.3, -0.25) is 4.79 Å². The van der Waals surface area contributed by atoms with Gasteiger partial charge < -0.3 is 9.88 Å². The van der Waals surface area contributed by atoms with Crippen molar-refractivity contribution in [3.05, 3.63) is 54.5 Å². The third-order valence-electron chi connectivity index (χ3n) is 4.06. The molecule has 0 spiro atoms. The van der Waals surface area contributed by atoms with E-state index in [2.05, 4.69) is 33.6 Å². The average Bonchev–Trinajstić information content (AvgIpc) is 2.88. The summed E-state index contributed by atoms with van der Waals surface area (Å²) in [5.41, 5.74) is 2.61. The molecular weight excluding hydrogens is 348 g/mol. The Kier molecular flexibility index (Phi) is 4.62. The lowest BCUT2D eigenvalue weighted by molar-refractivity contribution is 0.453. The van der Waals surface area contributed by atoms with E-state index >= 15 is 0 Å². The van der Waals surface area contributed by atoms with Crippen LogP contribution in [0.2, 0.25) is 0 Å². The highest BCUT2D eigenvalue weighted by molar-refractivity contribution is 9.10. The third-order valence-corrected chi connectivity index (χ3v) is 5.97. The molecule has 0 saturated heterocycles. The Bertz CT molecular complexity index is 692. The van der Waals surface area contributed by atoms with Crippen molar-refractivity contribution in [1.82, 2.24) is 9.88 Å². The predicted molar refractivity (Wildman–Crippen MR) is 91.2 cm³/mol. The number of thiophene rings is 1. The highest BCUT2D eigenvalue weighted by Crippen LogP contribution is 2.30. The Balaban J connectivity index is 2.02. The average molecular weight is 367 g/mol. The number of fused-ring (bicyclic) bond motifs is 1. The maximum absolute atomic E-state index is 12.3. The number of nitrogens with one attached hydrogen (secondary N) is 1. The lowest BCUT2D eigenvalue weighted by atomic mass is 9.91. The van der Waals surface area contributed by atoms with Crippen LogP contribution in [0.5, 0.6) is 0 Å². The fraction of sp³-hybridized carbons (Fsp3) is 0.438. The van der Waals surface area contributed by atoms with Crippen LogP contribution in [-0.2, 0) is 13.0 Å². The van der Waals surface area contributed by atoms with Crippen molar-refractivity contribution in [3.8, 4) is 0 Å². The van der Waals surface area contributed by atoms with Gasteiger partial charge in [0.05, 0.1) is 6.54 Å². The minimum atomic E-state index is 0.103. The van der Waals surface area contributed by atoms with Crippen LogP contribution in [0.15, 0.2) is 32.8 Å². The highest BCUT2D eigenvalue weighted by atomic mass is 79.9. The van der Waals surface area contributed by atoms with Crippen LogP contribution in [0.3, 0.4) is 0 Å². The van der Waals surface area contributed by atoms with Gasteiger partial charge in [0.2, 0.25) is 0 Å². The fourth-order valence-corrected chi connectivity index (χ4v) is 4.54. The summed E-state index contributed by atoms with van der Waals surface area (Å²) < 4.78 is 3.05. The van der Waals surface area contributed by atoms with Gasteiger partial charge in [-0.25, -0.2) is 0 Å². The van der Waals surface area contributed by atoms with Crippen molar-refractivity contribution in [2.45, 2.75) is 38.8 Å². The smallest absolute Gasteiger partial charge is 0.251 e. The minimum Gasteiger partial charge on any atom is -0.310 e. The summed E-state index contributed by atoms with van der Waals surface area (Å²) in [6.07, 6.45) is 3.29. The molecule has 0 bridgehead atoms. The first-order chi connectivity index (χ1) is 10.2. The van der Waals surface area contributed by atoms with Crippen LogP contribution >= 0.6 is 27.3 Å². The third kappa shape index (κ3) is 3.00. The molecule has 5 heteroatoms. The first kappa shape index (κ1) is 15.0. The molecule has 1 aliphatic carbocycles. The van der Waals surface area contributed by atoms with E-state index in [-0.39, 0.29) is 5.56 Å². The van der Waals surface area contributed by atoms with Crippen molar-refractivity contribution in [2.75, 3.05) is 6.54 Å². The van der Waals surface area contributed by atoms with Gasteiger partial charge in [-0.05, 0) is 58.7 Å². The first-order valence-electron chi connectivity index (χ1n) is 7.38. The van der Waals surface area contributed by atoms with E-state index in [9.17, 15) is 4.79 Å². The molecule has 0 amide bonds. The van der Waals surface area contributed by atoms with E-state index in [1.54, 1.807) is 17.4 Å². The Morgan fingerprint density at radius 1 is 1.43 bits per heavy atom. The van der Waals surface area contributed by atoms with Crippen LogP contribution in [0.1, 0.15) is 41.9 Å². The molecule has 3 rings (SSSR count). The number of halogens is 1. The SMILES string of the molecule is CCNC1CCCc2c1ccc(=O)n2Cc1sccc1Br. The van der Waals surface area contributed by atoms with E-state index in [0.29, 0.717) is 12.6 Å². The summed E-state index contributed by atoms with van der Waals surface area (Å²) in [5.74, 6) is 0. The van der Waals surface area contributed by atoms with Gasteiger partial charge in [0.15, 0.2) is 0 Å². The van der Waals surface area contributed by atoms with Gasteiger partial charge in [-0.1, -0.05) is 13.0 Å². The number of hydrogen-bond donors (Lipinski definition) is 1. The molecule has 1 unspecified atom stereocenters. The van der Waals surface area contributed by atoms with Crippen molar-refractivity contribution >= 4 is 27.3 Å². The van der Waals surface area contributed by atoms with E-state index in [1.807, 2.05) is 16.7 Å². The molecule has 2 aromatic rings. The summed E-state index contributed by atoms with van der Waals surface area (Å²) in [4.78, 5) is 13.5. The van der Waals surface area contributed by atoms with Gasteiger partial charge in [0.25, 0.3) is 5.56 Å². The summed E-state index contributed by atoms with van der Waals surface area (Å²) in [7, 11) is 0. The van der Waals surface area contributed by atoms with E-state index in [1.165, 1.54) is 16.1 Å². The lowest BCUT2D eigenvalue weighted by Crippen LogP contribution is -2.31. The van der Waals surface area contributed by atoms with E-state index in [0.717, 1.165) is 30.3 Å². The van der Waals surface area contributed by atoms with E-state index in [4.69, 9.17) is 0 Å². The molecule has 0 fully saturated rings. The molecule has 0 aromatic carbocycles. The van der Waals surface area contributed by atoms with Crippen molar-refractivity contribution < 1.29 is 0 Å². The zero-order chi connectivity index (χ0) is 14.8. The van der Waals surface area contributed by atoms with Crippen molar-refractivity contribution in [1.29, 1.82) is 0 Å². The largest absolute Gasteiger partial charge is 0.310 e. The Labute approximate surface area is 137 Å². The van der Waals surface area contributed by atoms with Gasteiger partial charge in [0, 0.05) is 27.2 Å². The topological polar surface area (TPSA) is 34.0 Å². The number of pyridine rings is 1. The molecule has 0 radical (unpaired) electrons. The molecule has 1 N–H and O–H groups in total. The minimum absolute atomic E-state index is 0.103. The maximum Gasteiger partial charge on any atom is 0.251 e. The van der Waals surface area contributed by atoms with Crippen molar-refractivity contribution in [2.24, 2.45) is 0 Å². The van der Waals surface area contributed by atoms with Crippen LogP contribution in [-0.4, -0.2) is 11.1 Å². The molecule has 2 aromatic heterocycles. The molecule has 1 atom stereocenters. The Morgan fingerprint density at radius 2 is 2.29 bits per heavy atom. The van der Waals surface area contributed by atoms with Crippen LogP contribution in [0.4, 0.5) is 0 Å². The Hall–Kier alpha value is -0.910. The summed E-state index contributed by atoms with van der Waals surface area (Å²) in [5, 5.41) is 5.59. The number of rotatable bonds is 4. The summed E-state index contributed by atoms with van der Waals surface area (Å²) >= 11 is 5.26. The predicted octanol–water partition coefficient (Wildman–Crippen LogP) is 3.71. The second kappa shape index (κ2) is 6.46. The van der Waals surface area contributed by atoms with Gasteiger partial charge in [-0.2, -0.15) is 0 Å².